The van der Waals surface area contributed by atoms with E-state index < -0.39 is 10.4 Å². The Hall–Kier alpha value is -2.23. The van der Waals surface area contributed by atoms with Gasteiger partial charge in [-0.2, -0.15) is 8.42 Å². The Bertz CT molecular complexity index is 669. The maximum atomic E-state index is 8.74. The number of anilines is 1. The maximum absolute atomic E-state index is 8.74. The highest BCUT2D eigenvalue weighted by molar-refractivity contribution is 7.79. The molecule has 2 rings (SSSR count). The maximum Gasteiger partial charge on any atom is 0.394 e. The lowest BCUT2D eigenvalue weighted by Crippen LogP contribution is -2.02. The summed E-state index contributed by atoms with van der Waals surface area (Å²) in [4.78, 5) is 8.07. The van der Waals surface area contributed by atoms with Gasteiger partial charge in [0.05, 0.1) is 19.0 Å². The highest BCUT2D eigenvalue weighted by Crippen LogP contribution is 2.18. The number of nitrogens with zero attached hydrogens (tertiary/aromatic N) is 2. The largest absolute Gasteiger partial charge is 0.493 e. The highest BCUT2D eigenvalue weighted by atomic mass is 32.3. The van der Waals surface area contributed by atoms with Crippen LogP contribution in [0, 0.1) is 0 Å². The van der Waals surface area contributed by atoms with E-state index >= 15 is 0 Å². The third-order valence-electron chi connectivity index (χ3n) is 2.28. The number of nitrogen functional groups attached to an aromatic ring is 1. The number of ether oxygens (including phenoxy) is 1. The van der Waals surface area contributed by atoms with Crippen molar-refractivity contribution in [2.45, 2.75) is 6.42 Å². The second-order valence-corrected chi connectivity index (χ2v) is 4.75. The molecule has 0 spiro atoms. The van der Waals surface area contributed by atoms with E-state index in [9.17, 15) is 0 Å². The Balaban J connectivity index is 0.000000383. The summed E-state index contributed by atoms with van der Waals surface area (Å²) in [5.74, 6) is 0.935. The minimum Gasteiger partial charge on any atom is -0.493 e. The van der Waals surface area contributed by atoms with E-state index in [1.54, 1.807) is 13.3 Å². The Kier molecular flexibility index (Phi) is 6.03. The molecule has 0 aliphatic rings. The number of aromatic nitrogens is 2. The first-order valence-corrected chi connectivity index (χ1v) is 7.08. The second kappa shape index (κ2) is 7.53. The molecule has 0 bridgehead atoms. The van der Waals surface area contributed by atoms with Gasteiger partial charge in [0.15, 0.2) is 5.75 Å². The Morgan fingerprint density at radius 1 is 1.24 bits per heavy atom. The molecule has 1 aromatic carbocycles. The molecule has 21 heavy (non-hydrogen) atoms. The van der Waals surface area contributed by atoms with E-state index in [2.05, 4.69) is 9.97 Å². The average molecular weight is 313 g/mol. The number of hydrogen-bond acceptors (Lipinski definition) is 6. The number of hydrogen-bond donors (Lipinski definition) is 3. The molecular formula is C12H15N3O5S. The third kappa shape index (κ3) is 7.20. The lowest BCUT2D eigenvalue weighted by molar-refractivity contribution is 0.381. The lowest BCUT2D eigenvalue weighted by Gasteiger charge is -2.07. The number of rotatable bonds is 3. The first-order valence-electron chi connectivity index (χ1n) is 5.69. The van der Waals surface area contributed by atoms with Crippen molar-refractivity contribution in [2.75, 3.05) is 12.8 Å². The van der Waals surface area contributed by atoms with Crippen LogP contribution in [0.3, 0.4) is 0 Å². The summed E-state index contributed by atoms with van der Waals surface area (Å²) in [6, 6.07) is 10.0. The van der Waals surface area contributed by atoms with Gasteiger partial charge in [0.1, 0.15) is 0 Å². The molecule has 2 aromatic rings. The van der Waals surface area contributed by atoms with Crippen molar-refractivity contribution >= 4 is 16.3 Å². The Morgan fingerprint density at radius 2 is 1.81 bits per heavy atom. The Morgan fingerprint density at radius 3 is 2.33 bits per heavy atom. The first-order chi connectivity index (χ1) is 9.79. The number of methoxy groups -OCH3 is 1. The molecule has 1 heterocycles. The number of benzene rings is 1. The summed E-state index contributed by atoms with van der Waals surface area (Å²) in [7, 11) is -3.07. The van der Waals surface area contributed by atoms with Gasteiger partial charge in [0, 0.05) is 6.42 Å². The van der Waals surface area contributed by atoms with Gasteiger partial charge in [0.25, 0.3) is 0 Å². The minimum absolute atomic E-state index is 0.270. The fourth-order valence-corrected chi connectivity index (χ4v) is 1.51. The van der Waals surface area contributed by atoms with Crippen molar-refractivity contribution in [3.8, 4) is 5.75 Å². The molecule has 8 nitrogen and oxygen atoms in total. The van der Waals surface area contributed by atoms with Gasteiger partial charge in [-0.3, -0.25) is 9.11 Å². The fourth-order valence-electron chi connectivity index (χ4n) is 1.51. The monoisotopic (exact) mass is 313 g/mol. The van der Waals surface area contributed by atoms with Gasteiger partial charge in [0.2, 0.25) is 5.95 Å². The summed E-state index contributed by atoms with van der Waals surface area (Å²) in [6.07, 6.45) is 2.29. The second-order valence-electron chi connectivity index (χ2n) is 3.85. The van der Waals surface area contributed by atoms with Crippen molar-refractivity contribution in [1.82, 2.24) is 9.97 Å². The predicted molar refractivity (Wildman–Crippen MR) is 76.4 cm³/mol. The summed E-state index contributed by atoms with van der Waals surface area (Å²) < 4.78 is 36.8. The van der Waals surface area contributed by atoms with E-state index in [0.717, 1.165) is 5.69 Å². The number of nitrogens with two attached hydrogens (primary N) is 1. The van der Waals surface area contributed by atoms with Gasteiger partial charge >= 0.3 is 10.4 Å². The molecule has 0 unspecified atom stereocenters. The molecule has 0 saturated heterocycles. The smallest absolute Gasteiger partial charge is 0.394 e. The standard InChI is InChI=1S/C12H13N3O.H2O4S/c1-16-11-8-14-12(13)15-10(11)7-9-5-3-2-4-6-9;1-5(2,3)4/h2-6,8H,7H2,1H3,(H2,13,14,15);(H2,1,2,3,4). The average Bonchev–Trinajstić information content (AvgIpc) is 2.38. The third-order valence-corrected chi connectivity index (χ3v) is 2.28. The van der Waals surface area contributed by atoms with Crippen molar-refractivity contribution < 1.29 is 22.3 Å². The van der Waals surface area contributed by atoms with Crippen LogP contribution in [0.1, 0.15) is 11.3 Å². The fraction of sp³-hybridized carbons (Fsp3) is 0.167. The zero-order valence-electron chi connectivity index (χ0n) is 11.2. The zero-order valence-corrected chi connectivity index (χ0v) is 12.0. The Labute approximate surface area is 122 Å². The van der Waals surface area contributed by atoms with Gasteiger partial charge in [-0.15, -0.1) is 0 Å². The van der Waals surface area contributed by atoms with Gasteiger partial charge in [-0.25, -0.2) is 9.97 Å². The van der Waals surface area contributed by atoms with Gasteiger partial charge < -0.3 is 10.5 Å². The summed E-state index contributed by atoms with van der Waals surface area (Å²) in [5.41, 5.74) is 7.53. The van der Waals surface area contributed by atoms with Crippen molar-refractivity contribution in [3.05, 3.63) is 47.8 Å². The van der Waals surface area contributed by atoms with Crippen LogP contribution in [0.4, 0.5) is 5.95 Å². The topological polar surface area (TPSA) is 136 Å². The molecule has 0 amide bonds. The first kappa shape index (κ1) is 16.8. The van der Waals surface area contributed by atoms with Crippen LogP contribution in [0.25, 0.3) is 0 Å². The molecule has 4 N–H and O–H groups in total. The van der Waals surface area contributed by atoms with Crippen LogP contribution in [0.2, 0.25) is 0 Å². The molecule has 9 heteroatoms. The normalized spacial score (nSPS) is 10.4. The van der Waals surface area contributed by atoms with E-state index in [0.29, 0.717) is 12.2 Å². The van der Waals surface area contributed by atoms with Crippen LogP contribution in [0.5, 0.6) is 5.75 Å². The van der Waals surface area contributed by atoms with Crippen LogP contribution in [-0.2, 0) is 16.8 Å². The van der Waals surface area contributed by atoms with Gasteiger partial charge in [-0.1, -0.05) is 30.3 Å². The molecule has 114 valence electrons. The van der Waals surface area contributed by atoms with Crippen LogP contribution >= 0.6 is 0 Å². The summed E-state index contributed by atoms with van der Waals surface area (Å²) in [5, 5.41) is 0. The van der Waals surface area contributed by atoms with E-state index in [1.807, 2.05) is 30.3 Å². The molecule has 1 aromatic heterocycles. The van der Waals surface area contributed by atoms with Crippen molar-refractivity contribution in [1.29, 1.82) is 0 Å². The highest BCUT2D eigenvalue weighted by Gasteiger charge is 2.06. The lowest BCUT2D eigenvalue weighted by atomic mass is 10.1. The van der Waals surface area contributed by atoms with Gasteiger partial charge in [-0.05, 0) is 5.56 Å². The summed E-state index contributed by atoms with van der Waals surface area (Å²) in [6.45, 7) is 0. The quantitative estimate of drug-likeness (QED) is 0.714. The summed E-state index contributed by atoms with van der Waals surface area (Å²) >= 11 is 0. The van der Waals surface area contributed by atoms with Crippen LogP contribution in [-0.4, -0.2) is 34.6 Å². The zero-order chi connectivity index (χ0) is 15.9. The van der Waals surface area contributed by atoms with Crippen molar-refractivity contribution in [2.24, 2.45) is 0 Å². The molecule has 0 saturated carbocycles. The SMILES string of the molecule is COc1cnc(N)nc1Cc1ccccc1.O=S(=O)(O)O. The molecule has 0 radical (unpaired) electrons. The van der Waals surface area contributed by atoms with E-state index in [1.165, 1.54) is 5.56 Å². The van der Waals surface area contributed by atoms with Crippen LogP contribution in [0.15, 0.2) is 36.5 Å². The van der Waals surface area contributed by atoms with Crippen LogP contribution < -0.4 is 10.5 Å². The molecule has 0 aliphatic carbocycles. The van der Waals surface area contributed by atoms with E-state index in [4.69, 9.17) is 28.0 Å². The molecule has 0 aliphatic heterocycles. The predicted octanol–water partition coefficient (Wildman–Crippen LogP) is 1.01. The van der Waals surface area contributed by atoms with E-state index in [-0.39, 0.29) is 5.95 Å². The minimum atomic E-state index is -4.67. The van der Waals surface area contributed by atoms with Crippen molar-refractivity contribution in [3.63, 3.8) is 0 Å². The molecule has 0 atom stereocenters. The molecule has 0 fully saturated rings. The molecular weight excluding hydrogens is 298 g/mol.